The Kier molecular flexibility index (Phi) is 5.27. The highest BCUT2D eigenvalue weighted by Crippen LogP contribution is 2.31. The molecular formula is C23H20N2O3S. The Labute approximate surface area is 171 Å². The third kappa shape index (κ3) is 3.59. The number of nitrogens with zero attached hydrogens (tertiary/aromatic N) is 2. The maximum atomic E-state index is 13.1. The molecule has 0 fully saturated rings. The molecule has 1 atom stereocenters. The van der Waals surface area contributed by atoms with Crippen molar-refractivity contribution in [3.8, 4) is 0 Å². The first kappa shape index (κ1) is 19.1. The number of carbonyl (C=O) groups excluding carboxylic acids is 1. The lowest BCUT2D eigenvalue weighted by Crippen LogP contribution is -2.35. The Hall–Kier alpha value is -3.25. The van der Waals surface area contributed by atoms with Crippen LogP contribution >= 0.6 is 11.3 Å². The van der Waals surface area contributed by atoms with E-state index in [2.05, 4.69) is 0 Å². The predicted octanol–water partition coefficient (Wildman–Crippen LogP) is 2.91. The third-order valence-corrected chi connectivity index (χ3v) is 5.74. The van der Waals surface area contributed by atoms with Gasteiger partial charge in [-0.1, -0.05) is 72.0 Å². The molecule has 0 aliphatic carbocycles. The van der Waals surface area contributed by atoms with Crippen molar-refractivity contribution in [2.45, 2.75) is 19.9 Å². The maximum absolute atomic E-state index is 13.1. The van der Waals surface area contributed by atoms with Crippen molar-refractivity contribution in [2.24, 2.45) is 4.99 Å². The number of hydrogen-bond acceptors (Lipinski definition) is 5. The Morgan fingerprint density at radius 3 is 2.45 bits per heavy atom. The van der Waals surface area contributed by atoms with Gasteiger partial charge in [0.05, 0.1) is 16.7 Å². The molecule has 0 saturated carbocycles. The molecule has 4 rings (SSSR count). The van der Waals surface area contributed by atoms with Gasteiger partial charge in [-0.15, -0.1) is 0 Å². The first-order chi connectivity index (χ1) is 14.1. The van der Waals surface area contributed by atoms with Gasteiger partial charge in [0.2, 0.25) is 0 Å². The van der Waals surface area contributed by atoms with Crippen LogP contribution in [0.4, 0.5) is 0 Å². The van der Waals surface area contributed by atoms with E-state index in [1.54, 1.807) is 13.8 Å². The summed E-state index contributed by atoms with van der Waals surface area (Å²) in [5, 5.41) is 0. The average Bonchev–Trinajstić information content (AvgIpc) is 3.05. The molecule has 3 aromatic rings. The molecular weight excluding hydrogens is 384 g/mol. The van der Waals surface area contributed by atoms with E-state index in [0.29, 0.717) is 20.6 Å². The van der Waals surface area contributed by atoms with Crippen LogP contribution in [0, 0.1) is 0 Å². The second-order valence-corrected chi connectivity index (χ2v) is 7.62. The Balaban J connectivity index is 1.96. The zero-order chi connectivity index (χ0) is 20.4. The lowest BCUT2D eigenvalue weighted by Gasteiger charge is -2.22. The number of aromatic nitrogens is 1. The van der Waals surface area contributed by atoms with E-state index in [1.807, 2.05) is 66.7 Å². The molecule has 146 valence electrons. The van der Waals surface area contributed by atoms with Crippen LogP contribution in [0.5, 0.6) is 0 Å². The van der Waals surface area contributed by atoms with E-state index < -0.39 is 12.0 Å². The van der Waals surface area contributed by atoms with Gasteiger partial charge in [-0.25, -0.2) is 9.79 Å². The summed E-state index contributed by atoms with van der Waals surface area (Å²) >= 11 is 1.33. The highest BCUT2D eigenvalue weighted by atomic mass is 32.1. The largest absolute Gasteiger partial charge is 0.463 e. The molecule has 5 nitrogen and oxygen atoms in total. The fraction of sp³-hybridized carbons (Fsp3) is 0.174. The van der Waals surface area contributed by atoms with Crippen LogP contribution in [-0.2, 0) is 9.53 Å². The summed E-state index contributed by atoms with van der Waals surface area (Å²) in [6.45, 7) is 3.80. The van der Waals surface area contributed by atoms with Gasteiger partial charge in [0.15, 0.2) is 4.80 Å². The Bertz CT molecular complexity index is 1250. The third-order valence-electron chi connectivity index (χ3n) is 4.75. The van der Waals surface area contributed by atoms with E-state index in [1.165, 1.54) is 15.9 Å². The molecule has 0 bridgehead atoms. The van der Waals surface area contributed by atoms with Gasteiger partial charge >= 0.3 is 5.97 Å². The smallest absolute Gasteiger partial charge is 0.338 e. The van der Waals surface area contributed by atoms with Crippen molar-refractivity contribution in [3.05, 3.63) is 97.1 Å². The molecule has 0 unspecified atom stereocenters. The molecule has 0 amide bonds. The minimum absolute atomic E-state index is 0.177. The van der Waals surface area contributed by atoms with E-state index in [4.69, 9.17) is 9.73 Å². The standard InChI is InChI=1S/C23H20N2O3S/c1-3-28-22(27)19-15(2)25-21(26)18(14-16-10-6-4-7-11-16)29-23(25)24-20(19)17-12-8-5-9-13-17/h4-14,20H,3H2,1-2H3/b18-14-/t20-/m1/s1. The van der Waals surface area contributed by atoms with Crippen molar-refractivity contribution in [1.29, 1.82) is 0 Å². The molecule has 0 radical (unpaired) electrons. The zero-order valence-electron chi connectivity index (χ0n) is 16.2. The van der Waals surface area contributed by atoms with Crippen molar-refractivity contribution < 1.29 is 9.53 Å². The molecule has 6 heteroatoms. The second-order valence-electron chi connectivity index (χ2n) is 6.61. The van der Waals surface area contributed by atoms with Crippen molar-refractivity contribution in [3.63, 3.8) is 0 Å². The normalized spacial score (nSPS) is 16.3. The summed E-state index contributed by atoms with van der Waals surface area (Å²) < 4.78 is 7.38. The first-order valence-corrected chi connectivity index (χ1v) is 10.2. The van der Waals surface area contributed by atoms with Gasteiger partial charge in [-0.05, 0) is 31.1 Å². The number of fused-ring (bicyclic) bond motifs is 1. The number of allylic oxidation sites excluding steroid dienone is 1. The molecule has 29 heavy (non-hydrogen) atoms. The summed E-state index contributed by atoms with van der Waals surface area (Å²) in [7, 11) is 0. The first-order valence-electron chi connectivity index (χ1n) is 9.40. The van der Waals surface area contributed by atoms with Gasteiger partial charge < -0.3 is 4.74 Å². The van der Waals surface area contributed by atoms with Crippen LogP contribution in [0.1, 0.15) is 31.0 Å². The molecule has 2 aromatic carbocycles. The fourth-order valence-corrected chi connectivity index (χ4v) is 4.43. The number of carbonyl (C=O) groups is 1. The Morgan fingerprint density at radius 1 is 1.14 bits per heavy atom. The van der Waals surface area contributed by atoms with E-state index in [-0.39, 0.29) is 12.2 Å². The number of esters is 1. The lowest BCUT2D eigenvalue weighted by molar-refractivity contribution is -0.138. The summed E-state index contributed by atoms with van der Waals surface area (Å²) in [5.41, 5.74) is 2.61. The molecule has 0 saturated heterocycles. The Morgan fingerprint density at radius 2 is 1.79 bits per heavy atom. The summed E-state index contributed by atoms with van der Waals surface area (Å²) in [6, 6.07) is 18.8. The minimum Gasteiger partial charge on any atom is -0.463 e. The van der Waals surface area contributed by atoms with Crippen LogP contribution in [0.2, 0.25) is 0 Å². The van der Waals surface area contributed by atoms with E-state index in [9.17, 15) is 9.59 Å². The monoisotopic (exact) mass is 404 g/mol. The average molecular weight is 404 g/mol. The van der Waals surface area contributed by atoms with Gasteiger partial charge in [0.25, 0.3) is 5.56 Å². The quantitative estimate of drug-likeness (QED) is 0.628. The topological polar surface area (TPSA) is 60.7 Å². The van der Waals surface area contributed by atoms with Gasteiger partial charge in [0, 0.05) is 5.70 Å². The van der Waals surface area contributed by atoms with Crippen LogP contribution in [-0.4, -0.2) is 17.1 Å². The maximum Gasteiger partial charge on any atom is 0.338 e. The number of benzene rings is 2. The van der Waals surface area contributed by atoms with Gasteiger partial charge in [-0.3, -0.25) is 9.36 Å². The predicted molar refractivity (Wildman–Crippen MR) is 114 cm³/mol. The van der Waals surface area contributed by atoms with Crippen molar-refractivity contribution in [1.82, 2.24) is 4.57 Å². The summed E-state index contributed by atoms with van der Waals surface area (Å²) in [4.78, 5) is 31.2. The molecule has 1 aliphatic heterocycles. The number of hydrogen-bond donors (Lipinski definition) is 0. The van der Waals surface area contributed by atoms with Crippen LogP contribution in [0.15, 0.2) is 76.0 Å². The number of thiazole rings is 1. The van der Waals surface area contributed by atoms with E-state index >= 15 is 0 Å². The van der Waals surface area contributed by atoms with Crippen molar-refractivity contribution >= 4 is 29.1 Å². The summed E-state index contributed by atoms with van der Waals surface area (Å²) in [5.74, 6) is -0.444. The highest BCUT2D eigenvalue weighted by molar-refractivity contribution is 7.07. The molecule has 1 aromatic heterocycles. The summed E-state index contributed by atoms with van der Waals surface area (Å²) in [6.07, 6.45) is 1.85. The lowest BCUT2D eigenvalue weighted by atomic mass is 9.97. The van der Waals surface area contributed by atoms with E-state index in [0.717, 1.165) is 11.1 Å². The molecule has 1 aliphatic rings. The van der Waals surface area contributed by atoms with Gasteiger partial charge in [-0.2, -0.15) is 0 Å². The molecule has 0 N–H and O–H groups in total. The SMILES string of the molecule is CCOC(=O)C1=C(C)n2c(s/c(=C\c3ccccc3)c2=O)=N[C@@H]1c1ccccc1. The van der Waals surface area contributed by atoms with Crippen LogP contribution in [0.3, 0.4) is 0 Å². The highest BCUT2D eigenvalue weighted by Gasteiger charge is 2.31. The molecule has 0 spiro atoms. The number of ether oxygens (including phenoxy) is 1. The molecule has 2 heterocycles. The van der Waals surface area contributed by atoms with Crippen LogP contribution < -0.4 is 14.9 Å². The van der Waals surface area contributed by atoms with Crippen molar-refractivity contribution in [2.75, 3.05) is 6.61 Å². The number of rotatable bonds is 4. The zero-order valence-corrected chi connectivity index (χ0v) is 17.0. The second kappa shape index (κ2) is 8.01. The van der Waals surface area contributed by atoms with Crippen LogP contribution in [0.25, 0.3) is 11.8 Å². The van der Waals surface area contributed by atoms with Gasteiger partial charge in [0.1, 0.15) is 6.04 Å². The minimum atomic E-state index is -0.502. The fourth-order valence-electron chi connectivity index (χ4n) is 3.39.